The Hall–Kier alpha value is -4.42. The summed E-state index contributed by atoms with van der Waals surface area (Å²) in [6.07, 6.45) is 1.99. The number of rotatable bonds is 6. The van der Waals surface area contributed by atoms with E-state index in [4.69, 9.17) is 4.99 Å². The molecule has 0 unspecified atom stereocenters. The first-order valence-electron chi connectivity index (χ1n) is 13.2. The molecule has 1 aliphatic rings. The Balaban J connectivity index is 1.44. The molecule has 0 N–H and O–H groups in total. The maximum Gasteiger partial charge on any atom is 0.267 e. The van der Waals surface area contributed by atoms with Crippen LogP contribution in [0.5, 0.6) is 0 Å². The number of thioether (sulfide) groups is 1. The van der Waals surface area contributed by atoms with Crippen LogP contribution in [0.4, 0.5) is 10.1 Å². The van der Waals surface area contributed by atoms with Gasteiger partial charge in [0.1, 0.15) is 5.82 Å². The van der Waals surface area contributed by atoms with Crippen molar-refractivity contribution in [3.63, 3.8) is 0 Å². The van der Waals surface area contributed by atoms with Crippen LogP contribution in [0.2, 0.25) is 0 Å². The number of amidine groups is 1. The van der Waals surface area contributed by atoms with Gasteiger partial charge in [-0.2, -0.15) is 0 Å². The maximum absolute atomic E-state index is 14.0. The molecule has 5 aromatic rings. The van der Waals surface area contributed by atoms with E-state index in [0.29, 0.717) is 16.6 Å². The Morgan fingerprint density at radius 2 is 1.60 bits per heavy atom. The minimum Gasteiger partial charge on any atom is -0.340 e. The van der Waals surface area contributed by atoms with Crippen LogP contribution in [0.25, 0.3) is 17.0 Å². The second kappa shape index (κ2) is 11.0. The smallest absolute Gasteiger partial charge is 0.267 e. The van der Waals surface area contributed by atoms with E-state index in [1.807, 2.05) is 91.9 Å². The van der Waals surface area contributed by atoms with E-state index in [2.05, 4.69) is 23.6 Å². The quantitative estimate of drug-likeness (QED) is 0.201. The van der Waals surface area contributed by atoms with Crippen LogP contribution < -0.4 is 0 Å². The van der Waals surface area contributed by atoms with E-state index < -0.39 is 0 Å². The van der Waals surface area contributed by atoms with Crippen molar-refractivity contribution in [2.75, 3.05) is 0 Å². The fourth-order valence-corrected chi connectivity index (χ4v) is 6.24. The second-order valence-electron chi connectivity index (χ2n) is 9.83. The van der Waals surface area contributed by atoms with Crippen LogP contribution >= 0.6 is 11.8 Å². The highest BCUT2D eigenvalue weighted by molar-refractivity contribution is 8.18. The number of carbonyl (C=O) groups excluding carboxylic acids is 1. The fraction of sp³-hybridized carbons (Fsp3) is 0.118. The summed E-state index contributed by atoms with van der Waals surface area (Å²) in [6.45, 7) is 4.62. The van der Waals surface area contributed by atoms with Gasteiger partial charge in [0.2, 0.25) is 0 Å². The third-order valence-electron chi connectivity index (χ3n) is 7.27. The number of fused-ring (bicyclic) bond motifs is 1. The van der Waals surface area contributed by atoms with Gasteiger partial charge in [-0.05, 0) is 73.1 Å². The number of benzene rings is 4. The zero-order chi connectivity index (χ0) is 27.6. The minimum absolute atomic E-state index is 0.0719. The molecule has 1 amide bonds. The van der Waals surface area contributed by atoms with Crippen molar-refractivity contribution in [3.05, 3.63) is 142 Å². The summed E-state index contributed by atoms with van der Waals surface area (Å²) in [4.78, 5) is 21.3. The number of hydrogen-bond donors (Lipinski definition) is 0. The van der Waals surface area contributed by atoms with Crippen molar-refractivity contribution in [1.82, 2.24) is 9.47 Å². The van der Waals surface area contributed by atoms with Gasteiger partial charge in [-0.15, -0.1) is 0 Å². The summed E-state index contributed by atoms with van der Waals surface area (Å²) >= 11 is 1.40. The van der Waals surface area contributed by atoms with Crippen molar-refractivity contribution in [2.45, 2.75) is 26.4 Å². The van der Waals surface area contributed by atoms with Crippen molar-refractivity contribution in [3.8, 4) is 0 Å². The molecule has 6 rings (SSSR count). The van der Waals surface area contributed by atoms with Crippen LogP contribution in [0, 0.1) is 12.7 Å². The van der Waals surface area contributed by atoms with Gasteiger partial charge in [0.15, 0.2) is 5.17 Å². The first-order chi connectivity index (χ1) is 19.5. The monoisotopic (exact) mass is 545 g/mol. The standard InChI is InChI=1S/C34H28FN3OS/c1-23(26-13-5-3-6-14-26)38-33(39)32(40-34(38)36-28-16-7-4-8-17-28)21-30-24(2)37(31-19-10-9-18-29(30)31)22-25-12-11-15-27(35)20-25/h3-21,23H,22H2,1-2H3/b32-21+,36-34?/t23-/m1/s1. The van der Waals surface area contributed by atoms with E-state index in [9.17, 15) is 9.18 Å². The Labute approximate surface area is 237 Å². The van der Waals surface area contributed by atoms with Crippen LogP contribution in [0.1, 0.15) is 35.3 Å². The average molecular weight is 546 g/mol. The number of amides is 1. The highest BCUT2D eigenvalue weighted by Gasteiger charge is 2.37. The molecule has 0 bridgehead atoms. The van der Waals surface area contributed by atoms with Crippen LogP contribution in [-0.4, -0.2) is 20.5 Å². The number of carbonyl (C=O) groups is 1. The van der Waals surface area contributed by atoms with Gasteiger partial charge >= 0.3 is 0 Å². The van der Waals surface area contributed by atoms with Gasteiger partial charge in [-0.25, -0.2) is 9.38 Å². The molecule has 2 heterocycles. The Morgan fingerprint density at radius 1 is 0.900 bits per heavy atom. The van der Waals surface area contributed by atoms with Gasteiger partial charge in [-0.1, -0.05) is 78.9 Å². The molecule has 1 atom stereocenters. The maximum atomic E-state index is 14.0. The summed E-state index contributed by atoms with van der Waals surface area (Å²) < 4.78 is 16.1. The van der Waals surface area contributed by atoms with Gasteiger partial charge in [0.05, 0.1) is 16.6 Å². The van der Waals surface area contributed by atoms with Crippen molar-refractivity contribution in [1.29, 1.82) is 0 Å². The molecule has 1 aromatic heterocycles. The summed E-state index contributed by atoms with van der Waals surface area (Å²) in [6, 6.07) is 34.4. The third-order valence-corrected chi connectivity index (χ3v) is 8.25. The molecule has 0 saturated carbocycles. The molecule has 40 heavy (non-hydrogen) atoms. The lowest BCUT2D eigenvalue weighted by atomic mass is 10.1. The largest absolute Gasteiger partial charge is 0.340 e. The number of aromatic nitrogens is 1. The highest BCUT2D eigenvalue weighted by atomic mass is 32.2. The molecule has 1 aliphatic heterocycles. The summed E-state index contributed by atoms with van der Waals surface area (Å²) in [7, 11) is 0. The predicted molar refractivity (Wildman–Crippen MR) is 163 cm³/mol. The number of halogens is 1. The average Bonchev–Trinajstić information content (AvgIpc) is 3.42. The van der Waals surface area contributed by atoms with Crippen molar-refractivity contribution in [2.24, 2.45) is 4.99 Å². The normalized spacial score (nSPS) is 16.4. The lowest BCUT2D eigenvalue weighted by Gasteiger charge is -2.24. The number of hydrogen-bond acceptors (Lipinski definition) is 3. The third kappa shape index (κ3) is 4.98. The van der Waals surface area contributed by atoms with E-state index >= 15 is 0 Å². The van der Waals surface area contributed by atoms with E-state index in [0.717, 1.165) is 39.0 Å². The highest BCUT2D eigenvalue weighted by Crippen LogP contribution is 2.40. The molecule has 0 spiro atoms. The molecule has 1 fully saturated rings. The number of nitrogens with zero attached hydrogens (tertiary/aromatic N) is 3. The molecule has 1 saturated heterocycles. The summed E-state index contributed by atoms with van der Waals surface area (Å²) in [5.41, 5.74) is 5.76. The second-order valence-corrected chi connectivity index (χ2v) is 10.8. The van der Waals surface area contributed by atoms with E-state index in [-0.39, 0.29) is 17.8 Å². The number of para-hydroxylation sites is 2. The van der Waals surface area contributed by atoms with Gasteiger partial charge < -0.3 is 4.57 Å². The Kier molecular flexibility index (Phi) is 7.10. The van der Waals surface area contributed by atoms with Gasteiger partial charge in [-0.3, -0.25) is 9.69 Å². The SMILES string of the molecule is Cc1c(/C=C2/SC(=Nc3ccccc3)N([C@H](C)c3ccccc3)C2=O)c2ccccc2n1Cc1cccc(F)c1. The molecule has 4 nitrogen and oxygen atoms in total. The van der Waals surface area contributed by atoms with Crippen molar-refractivity contribution >= 4 is 45.5 Å². The molecule has 0 radical (unpaired) electrons. The topological polar surface area (TPSA) is 37.6 Å². The lowest BCUT2D eigenvalue weighted by molar-refractivity contribution is -0.123. The summed E-state index contributed by atoms with van der Waals surface area (Å²) in [5.74, 6) is -0.322. The van der Waals surface area contributed by atoms with Crippen LogP contribution in [-0.2, 0) is 11.3 Å². The summed E-state index contributed by atoms with van der Waals surface area (Å²) in [5, 5.41) is 1.70. The Morgan fingerprint density at radius 3 is 2.35 bits per heavy atom. The molecule has 0 aliphatic carbocycles. The fourth-order valence-electron chi connectivity index (χ4n) is 5.19. The number of aliphatic imine (C=N–C) groups is 1. The molecular weight excluding hydrogens is 517 g/mol. The zero-order valence-corrected chi connectivity index (χ0v) is 23.1. The van der Waals surface area contributed by atoms with Gasteiger partial charge in [0, 0.05) is 28.7 Å². The zero-order valence-electron chi connectivity index (χ0n) is 22.3. The molecule has 4 aromatic carbocycles. The predicted octanol–water partition coefficient (Wildman–Crippen LogP) is 8.50. The minimum atomic E-state index is -0.250. The van der Waals surface area contributed by atoms with Crippen LogP contribution in [0.3, 0.4) is 0 Å². The Bertz CT molecular complexity index is 1760. The van der Waals surface area contributed by atoms with Gasteiger partial charge in [0.25, 0.3) is 5.91 Å². The molecule has 6 heteroatoms. The van der Waals surface area contributed by atoms with E-state index in [1.165, 1.54) is 17.8 Å². The van der Waals surface area contributed by atoms with Crippen LogP contribution in [0.15, 0.2) is 119 Å². The molecular formula is C34H28FN3OS. The lowest BCUT2D eigenvalue weighted by Crippen LogP contribution is -2.32. The van der Waals surface area contributed by atoms with Crippen molar-refractivity contribution < 1.29 is 9.18 Å². The molecule has 198 valence electrons. The van der Waals surface area contributed by atoms with E-state index in [1.54, 1.807) is 17.0 Å². The first kappa shape index (κ1) is 25.8. The first-order valence-corrected chi connectivity index (χ1v) is 14.1.